The average Bonchev–Trinajstić information content (AvgIpc) is 2.96. The molecule has 3 rings (SSSR count). The minimum absolute atomic E-state index is 0.309. The molecule has 0 unspecified atom stereocenters. The normalized spacial score (nSPS) is 19.0. The van der Waals surface area contributed by atoms with Crippen molar-refractivity contribution in [3.63, 3.8) is 0 Å². The molecule has 0 bridgehead atoms. The van der Waals surface area contributed by atoms with Crippen LogP contribution < -0.4 is 0 Å². The third-order valence-electron chi connectivity index (χ3n) is 3.96. The van der Waals surface area contributed by atoms with Crippen LogP contribution in [0.15, 0.2) is 36.7 Å². The Morgan fingerprint density at radius 3 is 2.82 bits per heavy atom. The van der Waals surface area contributed by atoms with Crippen LogP contribution in [0.4, 0.5) is 0 Å². The van der Waals surface area contributed by atoms with E-state index in [1.54, 1.807) is 0 Å². The van der Waals surface area contributed by atoms with Gasteiger partial charge in [0.2, 0.25) is 0 Å². The van der Waals surface area contributed by atoms with Crippen LogP contribution in [0.1, 0.15) is 36.1 Å². The van der Waals surface area contributed by atoms with Crippen molar-refractivity contribution in [2.24, 2.45) is 0 Å². The van der Waals surface area contributed by atoms with Crippen molar-refractivity contribution in [1.29, 1.82) is 0 Å². The number of hydrogen-bond acceptors (Lipinski definition) is 5. The Hall–Kier alpha value is -1.85. The van der Waals surface area contributed by atoms with E-state index in [4.69, 9.17) is 4.98 Å². The topological polar surface area (TPSA) is 45.2 Å². The molecule has 1 aliphatic rings. The highest BCUT2D eigenvalue weighted by Gasteiger charge is 2.28. The van der Waals surface area contributed by atoms with Crippen LogP contribution in [-0.2, 0) is 13.1 Å². The first-order valence-electron chi connectivity index (χ1n) is 7.83. The van der Waals surface area contributed by atoms with Gasteiger partial charge in [0.1, 0.15) is 5.82 Å². The van der Waals surface area contributed by atoms with E-state index in [1.165, 1.54) is 6.42 Å². The molecule has 0 aromatic carbocycles. The average molecular weight is 297 g/mol. The molecule has 3 heterocycles. The summed E-state index contributed by atoms with van der Waals surface area (Å²) in [6, 6.07) is 8.39. The Morgan fingerprint density at radius 1 is 1.14 bits per heavy atom. The number of likely N-dealkylation sites (tertiary alicyclic amines) is 1. The zero-order valence-corrected chi connectivity index (χ0v) is 13.3. The molecule has 1 fully saturated rings. The molecule has 5 nitrogen and oxygen atoms in total. The van der Waals surface area contributed by atoms with Gasteiger partial charge in [-0.25, -0.2) is 9.97 Å². The molecule has 1 saturated heterocycles. The summed E-state index contributed by atoms with van der Waals surface area (Å²) in [4.78, 5) is 18.3. The zero-order valence-electron chi connectivity index (χ0n) is 13.3. The Balaban J connectivity index is 1.75. The predicted octanol–water partition coefficient (Wildman–Crippen LogP) is 2.27. The van der Waals surface area contributed by atoms with Gasteiger partial charge in [-0.1, -0.05) is 6.07 Å². The number of aromatic nitrogens is 3. The van der Waals surface area contributed by atoms with Gasteiger partial charge in [-0.05, 0) is 51.7 Å². The van der Waals surface area contributed by atoms with Gasteiger partial charge in [0.05, 0.1) is 17.4 Å². The van der Waals surface area contributed by atoms with Crippen molar-refractivity contribution < 1.29 is 0 Å². The van der Waals surface area contributed by atoms with Gasteiger partial charge in [-0.15, -0.1) is 0 Å². The summed E-state index contributed by atoms with van der Waals surface area (Å²) in [7, 11) is 4.12. The minimum Gasteiger partial charge on any atom is -0.304 e. The Bertz CT molecular complexity index is 599. The molecule has 1 atom stereocenters. The van der Waals surface area contributed by atoms with E-state index in [9.17, 15) is 0 Å². The molecule has 0 radical (unpaired) electrons. The van der Waals surface area contributed by atoms with E-state index >= 15 is 0 Å². The first kappa shape index (κ1) is 15.1. The molecule has 1 aliphatic heterocycles. The van der Waals surface area contributed by atoms with E-state index in [1.807, 2.05) is 30.6 Å². The second-order valence-corrected chi connectivity index (χ2v) is 6.09. The van der Waals surface area contributed by atoms with Gasteiger partial charge >= 0.3 is 0 Å². The fourth-order valence-electron chi connectivity index (χ4n) is 2.99. The standard InChI is InChI=1S/C17H23N5/c1-21(2)12-15-8-10-19-17(20-15)16-7-5-11-22(16)13-14-6-3-4-9-18-14/h3-4,6,8-10,16H,5,7,11-13H2,1-2H3/t16-/m1/s1. The maximum atomic E-state index is 4.77. The van der Waals surface area contributed by atoms with Crippen molar-refractivity contribution >= 4 is 0 Å². The lowest BCUT2D eigenvalue weighted by atomic mass is 10.2. The summed E-state index contributed by atoms with van der Waals surface area (Å²) in [5.74, 6) is 0.952. The van der Waals surface area contributed by atoms with Gasteiger partial charge in [0.25, 0.3) is 0 Å². The van der Waals surface area contributed by atoms with Crippen LogP contribution in [0.5, 0.6) is 0 Å². The fourth-order valence-corrected chi connectivity index (χ4v) is 2.99. The largest absolute Gasteiger partial charge is 0.304 e. The molecular weight excluding hydrogens is 274 g/mol. The molecule has 22 heavy (non-hydrogen) atoms. The summed E-state index contributed by atoms with van der Waals surface area (Å²) in [6.07, 6.45) is 6.06. The number of hydrogen-bond donors (Lipinski definition) is 0. The second kappa shape index (κ2) is 6.94. The molecule has 0 amide bonds. The SMILES string of the molecule is CN(C)Cc1ccnc([C@H]2CCCN2Cc2ccccn2)n1. The molecule has 2 aromatic rings. The van der Waals surface area contributed by atoms with Crippen molar-refractivity contribution in [3.05, 3.63) is 53.9 Å². The Labute approximate surface area is 132 Å². The molecular formula is C17H23N5. The second-order valence-electron chi connectivity index (χ2n) is 6.09. The first-order valence-corrected chi connectivity index (χ1v) is 7.83. The van der Waals surface area contributed by atoms with Crippen LogP contribution in [0.25, 0.3) is 0 Å². The Kier molecular flexibility index (Phi) is 4.75. The number of nitrogens with zero attached hydrogens (tertiary/aromatic N) is 5. The van der Waals surface area contributed by atoms with Crippen LogP contribution in [0.2, 0.25) is 0 Å². The van der Waals surface area contributed by atoms with E-state index in [0.717, 1.165) is 43.3 Å². The minimum atomic E-state index is 0.309. The molecule has 116 valence electrons. The highest BCUT2D eigenvalue weighted by atomic mass is 15.2. The van der Waals surface area contributed by atoms with E-state index in [2.05, 4.69) is 39.9 Å². The molecule has 0 aliphatic carbocycles. The van der Waals surface area contributed by atoms with Crippen LogP contribution in [0, 0.1) is 0 Å². The number of rotatable bonds is 5. The van der Waals surface area contributed by atoms with Gasteiger partial charge in [-0.3, -0.25) is 9.88 Å². The first-order chi connectivity index (χ1) is 10.7. The Morgan fingerprint density at radius 2 is 2.05 bits per heavy atom. The quantitative estimate of drug-likeness (QED) is 0.847. The lowest BCUT2D eigenvalue weighted by Crippen LogP contribution is -2.25. The summed E-state index contributed by atoms with van der Waals surface area (Å²) in [5, 5.41) is 0. The predicted molar refractivity (Wildman–Crippen MR) is 86.0 cm³/mol. The van der Waals surface area contributed by atoms with Crippen LogP contribution in [0.3, 0.4) is 0 Å². The molecule has 5 heteroatoms. The molecule has 0 N–H and O–H groups in total. The fraction of sp³-hybridized carbons (Fsp3) is 0.471. The van der Waals surface area contributed by atoms with E-state index in [-0.39, 0.29) is 0 Å². The van der Waals surface area contributed by atoms with Gasteiger partial charge in [0, 0.05) is 25.5 Å². The highest BCUT2D eigenvalue weighted by Crippen LogP contribution is 2.30. The van der Waals surface area contributed by atoms with Crippen molar-refractivity contribution in [1.82, 2.24) is 24.8 Å². The maximum absolute atomic E-state index is 4.77. The summed E-state index contributed by atoms with van der Waals surface area (Å²) >= 11 is 0. The maximum Gasteiger partial charge on any atom is 0.145 e. The van der Waals surface area contributed by atoms with E-state index < -0.39 is 0 Å². The van der Waals surface area contributed by atoms with Gasteiger partial charge < -0.3 is 4.90 Å². The highest BCUT2D eigenvalue weighted by molar-refractivity contribution is 5.09. The lowest BCUT2D eigenvalue weighted by Gasteiger charge is -2.23. The van der Waals surface area contributed by atoms with Gasteiger partial charge in [0.15, 0.2) is 0 Å². The smallest absolute Gasteiger partial charge is 0.145 e. The summed E-state index contributed by atoms with van der Waals surface area (Å²) in [5.41, 5.74) is 2.19. The summed E-state index contributed by atoms with van der Waals surface area (Å²) in [6.45, 7) is 2.80. The summed E-state index contributed by atoms with van der Waals surface area (Å²) < 4.78 is 0. The molecule has 0 saturated carbocycles. The van der Waals surface area contributed by atoms with Gasteiger partial charge in [-0.2, -0.15) is 0 Å². The third-order valence-corrected chi connectivity index (χ3v) is 3.96. The van der Waals surface area contributed by atoms with Crippen molar-refractivity contribution in [3.8, 4) is 0 Å². The lowest BCUT2D eigenvalue weighted by molar-refractivity contribution is 0.236. The molecule has 0 spiro atoms. The van der Waals surface area contributed by atoms with Crippen LogP contribution in [-0.4, -0.2) is 45.4 Å². The van der Waals surface area contributed by atoms with Crippen molar-refractivity contribution in [2.75, 3.05) is 20.6 Å². The van der Waals surface area contributed by atoms with E-state index in [0.29, 0.717) is 6.04 Å². The number of pyridine rings is 1. The monoisotopic (exact) mass is 297 g/mol. The zero-order chi connectivity index (χ0) is 15.4. The molecule has 2 aromatic heterocycles. The third kappa shape index (κ3) is 3.67. The van der Waals surface area contributed by atoms with Crippen molar-refractivity contribution in [2.45, 2.75) is 32.0 Å². The van der Waals surface area contributed by atoms with Crippen LogP contribution >= 0.6 is 0 Å².